The molecule has 1 heterocycles. The quantitative estimate of drug-likeness (QED) is 0.466. The molecular formula is C24H27N3O6. The fourth-order valence-electron chi connectivity index (χ4n) is 2.72. The lowest BCUT2D eigenvalue weighted by Gasteiger charge is -2.29. The summed E-state index contributed by atoms with van der Waals surface area (Å²) in [5, 5.41) is 9.57. The minimum absolute atomic E-state index is 0.0934. The first-order valence-electron chi connectivity index (χ1n) is 10.1. The summed E-state index contributed by atoms with van der Waals surface area (Å²) in [7, 11) is 1.15. The zero-order chi connectivity index (χ0) is 25.0. The molecule has 2 amide bonds. The van der Waals surface area contributed by atoms with Crippen LogP contribution in [0.4, 0.5) is 15.3 Å². The van der Waals surface area contributed by atoms with Crippen molar-refractivity contribution in [1.29, 1.82) is 5.26 Å². The van der Waals surface area contributed by atoms with Crippen molar-refractivity contribution in [1.82, 2.24) is 4.98 Å². The van der Waals surface area contributed by atoms with Gasteiger partial charge in [0.05, 0.1) is 24.1 Å². The van der Waals surface area contributed by atoms with Gasteiger partial charge in [0.25, 0.3) is 0 Å². The maximum absolute atomic E-state index is 13.2. The van der Waals surface area contributed by atoms with E-state index in [4.69, 9.17) is 14.2 Å². The summed E-state index contributed by atoms with van der Waals surface area (Å²) < 4.78 is 15.6. The topological polar surface area (TPSA) is 119 Å². The lowest BCUT2D eigenvalue weighted by molar-refractivity contribution is 0.0428. The molecule has 0 fully saturated rings. The number of hydrogen-bond donors (Lipinski definition) is 0. The highest BCUT2D eigenvalue weighted by molar-refractivity contribution is 6.12. The summed E-state index contributed by atoms with van der Waals surface area (Å²) in [4.78, 5) is 43.6. The lowest BCUT2D eigenvalue weighted by atomic mass is 10.1. The van der Waals surface area contributed by atoms with Crippen LogP contribution in [0, 0.1) is 11.3 Å². The standard InChI is InChI=1S/C24H27N3O6/c1-23(2,3)32-21(29)27(22(30)33-24(4,5)6)18-13-16(20(28)31-7)17(14-25)26-19(18)15-11-9-8-10-12-15/h8-13H,1-7H3. The third kappa shape index (κ3) is 6.53. The fourth-order valence-corrected chi connectivity index (χ4v) is 2.72. The van der Waals surface area contributed by atoms with Gasteiger partial charge in [0.1, 0.15) is 17.3 Å². The van der Waals surface area contributed by atoms with Crippen LogP contribution in [-0.2, 0) is 14.2 Å². The van der Waals surface area contributed by atoms with Gasteiger partial charge in [0.15, 0.2) is 5.69 Å². The number of rotatable bonds is 3. The number of methoxy groups -OCH3 is 1. The van der Waals surface area contributed by atoms with Crippen molar-refractivity contribution in [2.24, 2.45) is 0 Å². The molecule has 0 bridgehead atoms. The van der Waals surface area contributed by atoms with Gasteiger partial charge in [-0.3, -0.25) is 0 Å². The van der Waals surface area contributed by atoms with Crippen LogP contribution in [0.1, 0.15) is 57.6 Å². The normalized spacial score (nSPS) is 11.2. The van der Waals surface area contributed by atoms with Crippen LogP contribution >= 0.6 is 0 Å². The summed E-state index contributed by atoms with van der Waals surface area (Å²) in [6, 6.07) is 11.7. The number of carbonyl (C=O) groups excluding carboxylic acids is 3. The highest BCUT2D eigenvalue weighted by atomic mass is 16.6. The predicted molar refractivity (Wildman–Crippen MR) is 121 cm³/mol. The first-order valence-corrected chi connectivity index (χ1v) is 10.1. The van der Waals surface area contributed by atoms with Crippen molar-refractivity contribution >= 4 is 23.8 Å². The number of esters is 1. The number of carbonyl (C=O) groups is 3. The van der Waals surface area contributed by atoms with E-state index in [0.717, 1.165) is 7.11 Å². The SMILES string of the molecule is COC(=O)c1cc(N(C(=O)OC(C)(C)C)C(=O)OC(C)(C)C)c(-c2ccccc2)nc1C#N. The summed E-state index contributed by atoms with van der Waals surface area (Å²) in [5.74, 6) is -0.853. The van der Waals surface area contributed by atoms with Crippen LogP contribution in [0.25, 0.3) is 11.3 Å². The molecule has 0 aliphatic rings. The maximum atomic E-state index is 13.2. The number of ether oxygens (including phenoxy) is 3. The molecule has 0 aliphatic heterocycles. The molecule has 33 heavy (non-hydrogen) atoms. The molecule has 0 atom stereocenters. The van der Waals surface area contributed by atoms with E-state index in [9.17, 15) is 19.6 Å². The van der Waals surface area contributed by atoms with E-state index in [-0.39, 0.29) is 22.6 Å². The highest BCUT2D eigenvalue weighted by Gasteiger charge is 2.36. The molecule has 174 valence electrons. The Morgan fingerprint density at radius 3 is 1.88 bits per heavy atom. The summed E-state index contributed by atoms with van der Waals surface area (Å²) >= 11 is 0. The number of imide groups is 1. The van der Waals surface area contributed by atoms with Crippen LogP contribution < -0.4 is 4.90 Å². The van der Waals surface area contributed by atoms with Crippen molar-refractivity contribution in [2.75, 3.05) is 12.0 Å². The van der Waals surface area contributed by atoms with Gasteiger partial charge in [-0.2, -0.15) is 10.2 Å². The lowest BCUT2D eigenvalue weighted by Crippen LogP contribution is -2.44. The average molecular weight is 453 g/mol. The number of anilines is 1. The second-order valence-electron chi connectivity index (χ2n) is 9.02. The number of pyridine rings is 1. The van der Waals surface area contributed by atoms with Crippen LogP contribution in [0.2, 0.25) is 0 Å². The van der Waals surface area contributed by atoms with Crippen LogP contribution in [-0.4, -0.2) is 41.5 Å². The molecule has 2 rings (SSSR count). The van der Waals surface area contributed by atoms with Gasteiger partial charge in [-0.05, 0) is 47.6 Å². The van der Waals surface area contributed by atoms with Crippen molar-refractivity contribution in [2.45, 2.75) is 52.7 Å². The van der Waals surface area contributed by atoms with Gasteiger partial charge >= 0.3 is 18.2 Å². The molecule has 0 unspecified atom stereocenters. The van der Waals surface area contributed by atoms with E-state index < -0.39 is 29.4 Å². The molecule has 0 spiro atoms. The molecule has 0 radical (unpaired) electrons. The van der Waals surface area contributed by atoms with Gasteiger partial charge in [0, 0.05) is 5.56 Å². The molecule has 0 saturated carbocycles. The largest absolute Gasteiger partial charge is 0.465 e. The molecule has 0 aliphatic carbocycles. The molecule has 1 aromatic carbocycles. The minimum atomic E-state index is -1.03. The second-order valence-corrected chi connectivity index (χ2v) is 9.02. The Morgan fingerprint density at radius 2 is 1.45 bits per heavy atom. The Bertz CT molecular complexity index is 1060. The first-order chi connectivity index (χ1) is 15.3. The van der Waals surface area contributed by atoms with E-state index in [1.165, 1.54) is 6.07 Å². The van der Waals surface area contributed by atoms with Crippen molar-refractivity contribution < 1.29 is 28.6 Å². The smallest absolute Gasteiger partial charge is 0.424 e. The number of amides is 2. The number of nitrogens with zero attached hydrogens (tertiary/aromatic N) is 3. The molecule has 9 nitrogen and oxygen atoms in total. The summed E-state index contributed by atoms with van der Waals surface area (Å²) in [6.45, 7) is 9.88. The van der Waals surface area contributed by atoms with E-state index in [1.807, 2.05) is 6.07 Å². The molecule has 0 N–H and O–H groups in total. The molecular weight excluding hydrogens is 426 g/mol. The Morgan fingerprint density at radius 1 is 0.939 bits per heavy atom. The zero-order valence-corrected chi connectivity index (χ0v) is 19.8. The Kier molecular flexibility index (Phi) is 7.44. The van der Waals surface area contributed by atoms with Gasteiger partial charge in [-0.1, -0.05) is 30.3 Å². The van der Waals surface area contributed by atoms with Gasteiger partial charge in [0.2, 0.25) is 0 Å². The molecule has 9 heteroatoms. The third-order valence-corrected chi connectivity index (χ3v) is 3.95. The number of hydrogen-bond acceptors (Lipinski definition) is 8. The summed E-state index contributed by atoms with van der Waals surface area (Å²) in [5.41, 5.74) is -1.80. The molecule has 1 aromatic heterocycles. The third-order valence-electron chi connectivity index (χ3n) is 3.95. The van der Waals surface area contributed by atoms with Gasteiger partial charge < -0.3 is 14.2 Å². The number of benzene rings is 1. The Hall–Kier alpha value is -3.93. The molecule has 2 aromatic rings. The van der Waals surface area contributed by atoms with Crippen LogP contribution in [0.5, 0.6) is 0 Å². The highest BCUT2D eigenvalue weighted by Crippen LogP contribution is 2.33. The first kappa shape index (κ1) is 25.3. The van der Waals surface area contributed by atoms with Crippen molar-refractivity contribution in [3.63, 3.8) is 0 Å². The predicted octanol–water partition coefficient (Wildman–Crippen LogP) is 5.08. The van der Waals surface area contributed by atoms with E-state index in [1.54, 1.807) is 71.9 Å². The summed E-state index contributed by atoms with van der Waals surface area (Å²) in [6.07, 6.45) is -2.06. The number of nitriles is 1. The van der Waals surface area contributed by atoms with Crippen molar-refractivity contribution in [3.8, 4) is 17.3 Å². The average Bonchev–Trinajstić information content (AvgIpc) is 2.71. The van der Waals surface area contributed by atoms with Crippen LogP contribution in [0.15, 0.2) is 36.4 Å². The van der Waals surface area contributed by atoms with E-state index in [0.29, 0.717) is 10.5 Å². The monoisotopic (exact) mass is 453 g/mol. The Labute approximate surface area is 192 Å². The molecule has 0 saturated heterocycles. The number of aromatic nitrogens is 1. The minimum Gasteiger partial charge on any atom is -0.465 e. The maximum Gasteiger partial charge on any atom is 0.424 e. The van der Waals surface area contributed by atoms with E-state index in [2.05, 4.69) is 4.98 Å². The zero-order valence-electron chi connectivity index (χ0n) is 19.8. The van der Waals surface area contributed by atoms with E-state index >= 15 is 0 Å². The van der Waals surface area contributed by atoms with Crippen LogP contribution in [0.3, 0.4) is 0 Å². The Balaban J connectivity index is 2.86. The van der Waals surface area contributed by atoms with Gasteiger partial charge in [-0.15, -0.1) is 0 Å². The van der Waals surface area contributed by atoms with Crippen molar-refractivity contribution in [3.05, 3.63) is 47.7 Å². The fraction of sp³-hybridized carbons (Fsp3) is 0.375. The second kappa shape index (κ2) is 9.69. The van der Waals surface area contributed by atoms with Gasteiger partial charge in [-0.25, -0.2) is 19.4 Å².